The molecule has 0 radical (unpaired) electrons. The van der Waals surface area contributed by atoms with Crippen LogP contribution in [-0.2, 0) is 4.79 Å². The zero-order valence-corrected chi connectivity index (χ0v) is 11.9. The van der Waals surface area contributed by atoms with Crippen molar-refractivity contribution in [2.45, 2.75) is 12.5 Å². The van der Waals surface area contributed by atoms with Crippen LogP contribution in [0, 0.1) is 0 Å². The van der Waals surface area contributed by atoms with Crippen LogP contribution in [0.4, 0.5) is 5.69 Å². The fraction of sp³-hybridized carbons (Fsp3) is 0.385. The minimum absolute atomic E-state index is 0.192. The lowest BCUT2D eigenvalue weighted by molar-refractivity contribution is -0.117. The molecule has 6 heteroatoms. The number of benzene rings is 1. The number of nitrogens with one attached hydrogen (secondary N) is 2. The fourth-order valence-corrected chi connectivity index (χ4v) is 1.98. The number of carbonyl (C=O) groups is 2. The summed E-state index contributed by atoms with van der Waals surface area (Å²) in [6, 6.07) is 6.22. The van der Waals surface area contributed by atoms with E-state index in [1.54, 1.807) is 43.1 Å². The van der Waals surface area contributed by atoms with E-state index in [1.165, 1.54) is 0 Å². The molecule has 0 aromatic heterocycles. The van der Waals surface area contributed by atoms with Gasteiger partial charge in [0.25, 0.3) is 5.91 Å². The summed E-state index contributed by atoms with van der Waals surface area (Å²) < 4.78 is 0. The third kappa shape index (κ3) is 4.92. The van der Waals surface area contributed by atoms with Crippen molar-refractivity contribution in [1.29, 1.82) is 0 Å². The molecule has 0 bridgehead atoms. The summed E-state index contributed by atoms with van der Waals surface area (Å²) in [6.45, 7) is 0. The van der Waals surface area contributed by atoms with Gasteiger partial charge in [0.05, 0.1) is 6.04 Å². The molecule has 0 aliphatic heterocycles. The van der Waals surface area contributed by atoms with E-state index in [0.717, 1.165) is 5.75 Å². The Balaban J connectivity index is 2.66. The Hall–Kier alpha value is -1.53. The topological polar surface area (TPSA) is 84.2 Å². The molecule has 0 saturated carbocycles. The number of carbonyl (C=O) groups excluding carboxylic acids is 2. The van der Waals surface area contributed by atoms with Crippen LogP contribution < -0.4 is 16.4 Å². The molecule has 0 spiro atoms. The highest BCUT2D eigenvalue weighted by Gasteiger charge is 2.13. The molecule has 0 heterocycles. The predicted octanol–water partition coefficient (Wildman–Crippen LogP) is 1.07. The molecule has 0 fully saturated rings. The predicted molar refractivity (Wildman–Crippen MR) is 79.4 cm³/mol. The Labute approximate surface area is 117 Å². The van der Waals surface area contributed by atoms with Gasteiger partial charge in [-0.15, -0.1) is 0 Å². The van der Waals surface area contributed by atoms with Crippen LogP contribution in [0.15, 0.2) is 24.3 Å². The van der Waals surface area contributed by atoms with Crippen molar-refractivity contribution >= 4 is 29.3 Å². The van der Waals surface area contributed by atoms with Gasteiger partial charge in [0.15, 0.2) is 0 Å². The van der Waals surface area contributed by atoms with Crippen LogP contribution in [0.5, 0.6) is 0 Å². The summed E-state index contributed by atoms with van der Waals surface area (Å²) in [5, 5.41) is 5.25. The number of rotatable bonds is 6. The first-order chi connectivity index (χ1) is 9.08. The lowest BCUT2D eigenvalue weighted by Crippen LogP contribution is -2.36. The summed E-state index contributed by atoms with van der Waals surface area (Å²) in [4.78, 5) is 23.3. The number of anilines is 1. The van der Waals surface area contributed by atoms with Crippen LogP contribution in [0.3, 0.4) is 0 Å². The highest BCUT2D eigenvalue weighted by atomic mass is 32.2. The first-order valence-electron chi connectivity index (χ1n) is 5.96. The minimum Gasteiger partial charge on any atom is -0.355 e. The summed E-state index contributed by atoms with van der Waals surface area (Å²) in [7, 11) is 1.56. The molecule has 1 atom stereocenters. The van der Waals surface area contributed by atoms with Gasteiger partial charge >= 0.3 is 0 Å². The van der Waals surface area contributed by atoms with E-state index in [0.29, 0.717) is 17.7 Å². The van der Waals surface area contributed by atoms with E-state index < -0.39 is 6.04 Å². The normalized spacial score (nSPS) is 11.7. The van der Waals surface area contributed by atoms with Crippen LogP contribution in [-0.4, -0.2) is 36.9 Å². The monoisotopic (exact) mass is 281 g/mol. The smallest absolute Gasteiger partial charge is 0.251 e. The quantitative estimate of drug-likeness (QED) is 0.728. The van der Waals surface area contributed by atoms with Crippen molar-refractivity contribution < 1.29 is 9.59 Å². The Kier molecular flexibility index (Phi) is 6.38. The van der Waals surface area contributed by atoms with E-state index in [9.17, 15) is 9.59 Å². The zero-order chi connectivity index (χ0) is 14.3. The van der Waals surface area contributed by atoms with E-state index in [1.807, 2.05) is 6.26 Å². The average molecular weight is 281 g/mol. The largest absolute Gasteiger partial charge is 0.355 e. The van der Waals surface area contributed by atoms with Crippen molar-refractivity contribution in [1.82, 2.24) is 5.32 Å². The Morgan fingerprint density at radius 1 is 1.42 bits per heavy atom. The fourth-order valence-electron chi connectivity index (χ4n) is 1.49. The van der Waals surface area contributed by atoms with E-state index in [4.69, 9.17) is 5.73 Å². The second kappa shape index (κ2) is 7.81. The summed E-state index contributed by atoms with van der Waals surface area (Å²) in [5.41, 5.74) is 6.84. The molecule has 104 valence electrons. The van der Waals surface area contributed by atoms with Gasteiger partial charge in [-0.1, -0.05) is 6.07 Å². The van der Waals surface area contributed by atoms with Crippen molar-refractivity contribution in [3.05, 3.63) is 29.8 Å². The molecule has 1 rings (SSSR count). The first-order valence-corrected chi connectivity index (χ1v) is 7.35. The molecular weight excluding hydrogens is 262 g/mol. The molecule has 2 amide bonds. The zero-order valence-electron chi connectivity index (χ0n) is 11.1. The Morgan fingerprint density at radius 3 is 2.79 bits per heavy atom. The van der Waals surface area contributed by atoms with Gasteiger partial charge in [0, 0.05) is 18.3 Å². The lowest BCUT2D eigenvalue weighted by Gasteiger charge is -2.12. The van der Waals surface area contributed by atoms with Crippen LogP contribution in [0.2, 0.25) is 0 Å². The lowest BCUT2D eigenvalue weighted by atomic mass is 10.1. The number of hydrogen-bond acceptors (Lipinski definition) is 4. The van der Waals surface area contributed by atoms with E-state index in [-0.39, 0.29) is 11.8 Å². The maximum Gasteiger partial charge on any atom is 0.251 e. The number of nitrogens with two attached hydrogens (primary N) is 1. The molecule has 19 heavy (non-hydrogen) atoms. The Morgan fingerprint density at radius 2 is 2.16 bits per heavy atom. The van der Waals surface area contributed by atoms with Crippen molar-refractivity contribution in [3.63, 3.8) is 0 Å². The third-order valence-corrected chi connectivity index (χ3v) is 3.23. The maximum atomic E-state index is 11.8. The van der Waals surface area contributed by atoms with Crippen molar-refractivity contribution in [2.75, 3.05) is 24.4 Å². The molecule has 5 nitrogen and oxygen atoms in total. The molecular formula is C13H19N3O2S. The third-order valence-electron chi connectivity index (χ3n) is 2.59. The number of amides is 2. The van der Waals surface area contributed by atoms with Crippen LogP contribution in [0.25, 0.3) is 0 Å². The summed E-state index contributed by atoms with van der Waals surface area (Å²) in [6.07, 6.45) is 2.60. The molecule has 4 N–H and O–H groups in total. The van der Waals surface area contributed by atoms with Gasteiger partial charge in [0.1, 0.15) is 0 Å². The molecule has 0 aliphatic carbocycles. The molecule has 1 aromatic rings. The molecule has 1 unspecified atom stereocenters. The molecule has 0 aliphatic rings. The van der Waals surface area contributed by atoms with E-state index in [2.05, 4.69) is 10.6 Å². The minimum atomic E-state index is -0.531. The Bertz CT molecular complexity index is 451. The summed E-state index contributed by atoms with van der Waals surface area (Å²) >= 11 is 1.65. The van der Waals surface area contributed by atoms with Crippen molar-refractivity contribution in [2.24, 2.45) is 5.73 Å². The number of thioether (sulfide) groups is 1. The SMILES string of the molecule is CNC(=O)c1cccc(NC(=O)C(N)CCSC)c1. The maximum absolute atomic E-state index is 11.8. The second-order valence-electron chi connectivity index (χ2n) is 4.04. The van der Waals surface area contributed by atoms with Gasteiger partial charge < -0.3 is 16.4 Å². The molecule has 1 aromatic carbocycles. The van der Waals surface area contributed by atoms with Gasteiger partial charge in [-0.3, -0.25) is 9.59 Å². The van der Waals surface area contributed by atoms with Crippen LogP contribution in [0.1, 0.15) is 16.8 Å². The molecule has 0 saturated heterocycles. The number of hydrogen-bond donors (Lipinski definition) is 3. The summed E-state index contributed by atoms with van der Waals surface area (Å²) in [5.74, 6) is 0.415. The van der Waals surface area contributed by atoms with Gasteiger partial charge in [-0.05, 0) is 36.6 Å². The highest BCUT2D eigenvalue weighted by molar-refractivity contribution is 7.98. The first kappa shape index (κ1) is 15.5. The van der Waals surface area contributed by atoms with Crippen molar-refractivity contribution in [3.8, 4) is 0 Å². The van der Waals surface area contributed by atoms with Gasteiger partial charge in [-0.2, -0.15) is 11.8 Å². The van der Waals surface area contributed by atoms with Crippen LogP contribution >= 0.6 is 11.8 Å². The standard InChI is InChI=1S/C13H19N3O2S/c1-15-12(17)9-4-3-5-10(8-9)16-13(18)11(14)6-7-19-2/h3-5,8,11H,6-7,14H2,1-2H3,(H,15,17)(H,16,18). The van der Waals surface area contributed by atoms with Gasteiger partial charge in [-0.25, -0.2) is 0 Å². The van der Waals surface area contributed by atoms with Gasteiger partial charge in [0.2, 0.25) is 5.91 Å². The highest BCUT2D eigenvalue weighted by Crippen LogP contribution is 2.11. The van der Waals surface area contributed by atoms with E-state index >= 15 is 0 Å². The average Bonchev–Trinajstić information content (AvgIpc) is 2.44. The second-order valence-corrected chi connectivity index (χ2v) is 5.02.